The second kappa shape index (κ2) is 4.89. The van der Waals surface area contributed by atoms with Gasteiger partial charge in [0.15, 0.2) is 0 Å². The van der Waals surface area contributed by atoms with Crippen LogP contribution < -0.4 is 9.03 Å². The summed E-state index contributed by atoms with van der Waals surface area (Å²) in [6.45, 7) is 4.62. The van der Waals surface area contributed by atoms with Crippen molar-refractivity contribution in [2.24, 2.45) is 5.92 Å². The molecule has 1 atom stereocenters. The molecule has 0 radical (unpaired) electrons. The molecule has 7 heteroatoms. The van der Waals surface area contributed by atoms with Crippen LogP contribution in [0.4, 0.5) is 5.69 Å². The standard InChI is InChI=1S/C11H14Cl2N2O2S/c1-7-3-9(12)11(10(13)4-7)15-6-8(2)5-14-18(15,16)17/h3-4,8,14H,5-6H2,1-2H3. The number of hydrogen-bond acceptors (Lipinski definition) is 2. The smallest absolute Gasteiger partial charge is 0.254 e. The molecule has 1 aromatic carbocycles. The van der Waals surface area contributed by atoms with E-state index >= 15 is 0 Å². The normalized spacial score (nSPS) is 23.1. The monoisotopic (exact) mass is 308 g/mol. The summed E-state index contributed by atoms with van der Waals surface area (Å²) >= 11 is 12.2. The first-order valence-electron chi connectivity index (χ1n) is 5.54. The van der Waals surface area contributed by atoms with E-state index in [1.807, 2.05) is 13.8 Å². The summed E-state index contributed by atoms with van der Waals surface area (Å²) in [5.41, 5.74) is 1.24. The minimum Gasteiger partial charge on any atom is -0.254 e. The third kappa shape index (κ3) is 2.59. The lowest BCUT2D eigenvalue weighted by molar-refractivity contribution is 0.506. The lowest BCUT2D eigenvalue weighted by atomic mass is 10.1. The van der Waals surface area contributed by atoms with E-state index in [4.69, 9.17) is 23.2 Å². The zero-order chi connectivity index (χ0) is 13.5. The Morgan fingerprint density at radius 1 is 1.33 bits per heavy atom. The second-order valence-corrected chi connectivity index (χ2v) is 7.06. The van der Waals surface area contributed by atoms with E-state index in [1.165, 1.54) is 4.31 Å². The largest absolute Gasteiger partial charge is 0.301 e. The number of aryl methyl sites for hydroxylation is 1. The van der Waals surface area contributed by atoms with Gasteiger partial charge in [0.1, 0.15) is 0 Å². The minimum atomic E-state index is -3.55. The Labute approximate surface area is 117 Å². The van der Waals surface area contributed by atoms with Gasteiger partial charge in [-0.05, 0) is 30.5 Å². The Morgan fingerprint density at radius 3 is 2.44 bits per heavy atom. The molecule has 0 aliphatic carbocycles. The van der Waals surface area contributed by atoms with Gasteiger partial charge < -0.3 is 0 Å². The molecule has 4 nitrogen and oxygen atoms in total. The number of nitrogens with zero attached hydrogens (tertiary/aromatic N) is 1. The highest BCUT2D eigenvalue weighted by molar-refractivity contribution is 7.91. The SMILES string of the molecule is Cc1cc(Cl)c(N2CC(C)CNS2(=O)=O)c(Cl)c1. The van der Waals surface area contributed by atoms with Gasteiger partial charge in [0.05, 0.1) is 15.7 Å². The summed E-state index contributed by atoms with van der Waals surface area (Å²) in [6, 6.07) is 3.41. The molecule has 1 aliphatic heterocycles. The summed E-state index contributed by atoms with van der Waals surface area (Å²) in [4.78, 5) is 0. The first kappa shape index (κ1) is 13.9. The van der Waals surface area contributed by atoms with Crippen LogP contribution >= 0.6 is 23.2 Å². The van der Waals surface area contributed by atoms with E-state index in [-0.39, 0.29) is 5.92 Å². The maximum atomic E-state index is 12.0. The number of halogens is 2. The fourth-order valence-electron chi connectivity index (χ4n) is 1.91. The van der Waals surface area contributed by atoms with Crippen LogP contribution in [0.25, 0.3) is 0 Å². The van der Waals surface area contributed by atoms with Gasteiger partial charge in [-0.15, -0.1) is 0 Å². The van der Waals surface area contributed by atoms with Gasteiger partial charge in [-0.1, -0.05) is 30.1 Å². The van der Waals surface area contributed by atoms with Crippen LogP contribution in [0.3, 0.4) is 0 Å². The molecule has 1 N–H and O–H groups in total. The van der Waals surface area contributed by atoms with Gasteiger partial charge in [-0.25, -0.2) is 0 Å². The van der Waals surface area contributed by atoms with Crippen molar-refractivity contribution in [1.29, 1.82) is 0 Å². The summed E-state index contributed by atoms with van der Waals surface area (Å²) in [7, 11) is -3.55. The molecule has 1 saturated heterocycles. The predicted molar refractivity (Wildman–Crippen MR) is 74.6 cm³/mol. The van der Waals surface area contributed by atoms with Crippen molar-refractivity contribution >= 4 is 39.1 Å². The number of nitrogens with one attached hydrogen (secondary N) is 1. The fourth-order valence-corrected chi connectivity index (χ4v) is 4.35. The molecule has 1 aromatic rings. The van der Waals surface area contributed by atoms with Crippen molar-refractivity contribution in [3.63, 3.8) is 0 Å². The Kier molecular flexibility index (Phi) is 3.78. The van der Waals surface area contributed by atoms with E-state index in [9.17, 15) is 8.42 Å². The summed E-state index contributed by atoms with van der Waals surface area (Å²) in [5, 5.41) is 0.693. The van der Waals surface area contributed by atoms with Crippen molar-refractivity contribution in [3.05, 3.63) is 27.7 Å². The van der Waals surface area contributed by atoms with Gasteiger partial charge in [-0.3, -0.25) is 4.31 Å². The lowest BCUT2D eigenvalue weighted by Crippen LogP contribution is -2.51. The molecule has 100 valence electrons. The van der Waals surface area contributed by atoms with E-state index in [0.717, 1.165) is 5.56 Å². The van der Waals surface area contributed by atoms with E-state index < -0.39 is 10.2 Å². The van der Waals surface area contributed by atoms with Gasteiger partial charge in [0, 0.05) is 13.1 Å². The van der Waals surface area contributed by atoms with E-state index in [1.54, 1.807) is 12.1 Å². The molecule has 1 heterocycles. The molecule has 1 aliphatic rings. The van der Waals surface area contributed by atoms with Crippen LogP contribution in [-0.2, 0) is 10.2 Å². The molecule has 0 saturated carbocycles. The average Bonchev–Trinajstić information content (AvgIpc) is 2.22. The van der Waals surface area contributed by atoms with Crippen LogP contribution in [-0.4, -0.2) is 21.5 Å². The first-order valence-corrected chi connectivity index (χ1v) is 7.74. The number of rotatable bonds is 1. The van der Waals surface area contributed by atoms with Crippen molar-refractivity contribution in [2.75, 3.05) is 17.4 Å². The average molecular weight is 309 g/mol. The van der Waals surface area contributed by atoms with E-state index in [0.29, 0.717) is 28.8 Å². The Bertz CT molecular complexity index is 551. The highest BCUT2D eigenvalue weighted by Gasteiger charge is 2.32. The van der Waals surface area contributed by atoms with Gasteiger partial charge in [0.25, 0.3) is 0 Å². The molecule has 1 unspecified atom stereocenters. The topological polar surface area (TPSA) is 49.4 Å². The zero-order valence-corrected chi connectivity index (χ0v) is 12.4. The van der Waals surface area contributed by atoms with Gasteiger partial charge in [-0.2, -0.15) is 13.1 Å². The number of anilines is 1. The third-order valence-electron chi connectivity index (χ3n) is 2.79. The molecule has 1 fully saturated rings. The molecule has 2 rings (SSSR count). The second-order valence-electron chi connectivity index (χ2n) is 4.57. The fraction of sp³-hybridized carbons (Fsp3) is 0.455. The molecular weight excluding hydrogens is 295 g/mol. The zero-order valence-electron chi connectivity index (χ0n) is 10.1. The van der Waals surface area contributed by atoms with Gasteiger partial charge in [0.2, 0.25) is 0 Å². The summed E-state index contributed by atoms with van der Waals surface area (Å²) in [5.74, 6) is 0.196. The van der Waals surface area contributed by atoms with Gasteiger partial charge >= 0.3 is 10.2 Å². The van der Waals surface area contributed by atoms with Crippen molar-refractivity contribution in [2.45, 2.75) is 13.8 Å². The molecular formula is C11H14Cl2N2O2S. The maximum absolute atomic E-state index is 12.0. The Morgan fingerprint density at radius 2 is 1.89 bits per heavy atom. The summed E-state index contributed by atoms with van der Waals surface area (Å²) < 4.78 is 27.8. The van der Waals surface area contributed by atoms with Crippen molar-refractivity contribution in [1.82, 2.24) is 4.72 Å². The molecule has 18 heavy (non-hydrogen) atoms. The molecule has 0 bridgehead atoms. The highest BCUT2D eigenvalue weighted by Crippen LogP contribution is 2.37. The molecule has 0 amide bonds. The lowest BCUT2D eigenvalue weighted by Gasteiger charge is -2.33. The Hall–Kier alpha value is -0.490. The van der Waals surface area contributed by atoms with Crippen LogP contribution in [0.2, 0.25) is 10.0 Å². The third-order valence-corrected chi connectivity index (χ3v) is 4.81. The molecule has 0 aromatic heterocycles. The quantitative estimate of drug-likeness (QED) is 0.867. The first-order chi connectivity index (χ1) is 8.31. The van der Waals surface area contributed by atoms with Crippen LogP contribution in [0.15, 0.2) is 12.1 Å². The van der Waals surface area contributed by atoms with Crippen LogP contribution in [0, 0.1) is 12.8 Å². The minimum absolute atomic E-state index is 0.196. The number of benzene rings is 1. The molecule has 0 spiro atoms. The van der Waals surface area contributed by atoms with E-state index in [2.05, 4.69) is 4.72 Å². The highest BCUT2D eigenvalue weighted by atomic mass is 35.5. The van der Waals surface area contributed by atoms with Crippen molar-refractivity contribution in [3.8, 4) is 0 Å². The number of hydrogen-bond donors (Lipinski definition) is 1. The Balaban J connectivity index is 2.53. The van der Waals surface area contributed by atoms with Crippen molar-refractivity contribution < 1.29 is 8.42 Å². The predicted octanol–water partition coefficient (Wildman–Crippen LogP) is 2.59. The van der Waals surface area contributed by atoms with Crippen LogP contribution in [0.1, 0.15) is 12.5 Å². The van der Waals surface area contributed by atoms with Crippen LogP contribution in [0.5, 0.6) is 0 Å². The summed E-state index contributed by atoms with van der Waals surface area (Å²) in [6.07, 6.45) is 0. The maximum Gasteiger partial charge on any atom is 0.301 e.